The van der Waals surface area contributed by atoms with Gasteiger partial charge in [-0.15, -0.1) is 0 Å². The second-order valence-electron chi connectivity index (χ2n) is 4.15. The minimum absolute atomic E-state index is 0.101. The van der Waals surface area contributed by atoms with E-state index in [1.165, 1.54) is 18.2 Å². The molecule has 0 saturated carbocycles. The highest BCUT2D eigenvalue weighted by Gasteiger charge is 2.15. The molecule has 102 valence electrons. The summed E-state index contributed by atoms with van der Waals surface area (Å²) in [5.41, 5.74) is 0.783. The van der Waals surface area contributed by atoms with Crippen LogP contribution in [0.15, 0.2) is 36.4 Å². The molecule has 0 fully saturated rings. The predicted octanol–water partition coefficient (Wildman–Crippen LogP) is 2.05. The Hall–Kier alpha value is -2.89. The first kappa shape index (κ1) is 13.5. The number of carboxylic acids is 1. The molecule has 3 N–H and O–H groups in total. The number of phenols is 1. The summed E-state index contributed by atoms with van der Waals surface area (Å²) >= 11 is 0. The van der Waals surface area contributed by atoms with Gasteiger partial charge in [0.1, 0.15) is 11.4 Å². The highest BCUT2D eigenvalue weighted by atomic mass is 16.4. The molecule has 0 aliphatic heterocycles. The summed E-state index contributed by atoms with van der Waals surface area (Å²) in [5.74, 6) is -1.94. The van der Waals surface area contributed by atoms with Crippen molar-refractivity contribution in [2.24, 2.45) is 0 Å². The molecular formula is C14H12N2O4. The number of carbonyl (C=O) groups is 2. The summed E-state index contributed by atoms with van der Waals surface area (Å²) < 4.78 is 0. The van der Waals surface area contributed by atoms with Gasteiger partial charge in [0.05, 0.1) is 11.3 Å². The average molecular weight is 272 g/mol. The van der Waals surface area contributed by atoms with Crippen molar-refractivity contribution in [3.63, 3.8) is 0 Å². The number of anilines is 1. The van der Waals surface area contributed by atoms with Crippen LogP contribution in [0.25, 0.3) is 0 Å². The molecule has 1 aromatic carbocycles. The number of nitrogens with zero attached hydrogens (tertiary/aromatic N) is 1. The SMILES string of the molecule is Cc1cccc(C(=O)Nc2ccc(O)cc2C(=O)O)n1. The number of aromatic hydroxyl groups is 1. The Balaban J connectivity index is 2.30. The summed E-state index contributed by atoms with van der Waals surface area (Å²) in [6.07, 6.45) is 0. The summed E-state index contributed by atoms with van der Waals surface area (Å²) in [6, 6.07) is 8.66. The normalized spacial score (nSPS) is 10.1. The summed E-state index contributed by atoms with van der Waals surface area (Å²) in [4.78, 5) is 27.1. The minimum Gasteiger partial charge on any atom is -0.508 e. The quantitative estimate of drug-likeness (QED) is 0.742. The molecule has 1 amide bonds. The van der Waals surface area contributed by atoms with E-state index < -0.39 is 11.9 Å². The van der Waals surface area contributed by atoms with Crippen LogP contribution in [0.3, 0.4) is 0 Å². The number of aromatic carboxylic acids is 1. The fourth-order valence-electron chi connectivity index (χ4n) is 1.67. The number of rotatable bonds is 3. The van der Waals surface area contributed by atoms with Gasteiger partial charge in [-0.05, 0) is 37.3 Å². The lowest BCUT2D eigenvalue weighted by molar-refractivity contribution is 0.0697. The van der Waals surface area contributed by atoms with E-state index in [-0.39, 0.29) is 22.7 Å². The molecule has 1 aromatic heterocycles. The molecule has 0 unspecified atom stereocenters. The van der Waals surface area contributed by atoms with E-state index >= 15 is 0 Å². The number of pyridine rings is 1. The van der Waals surface area contributed by atoms with Crippen molar-refractivity contribution in [2.75, 3.05) is 5.32 Å². The van der Waals surface area contributed by atoms with Gasteiger partial charge in [-0.1, -0.05) is 6.07 Å². The number of carbonyl (C=O) groups excluding carboxylic acids is 1. The van der Waals surface area contributed by atoms with Gasteiger partial charge < -0.3 is 15.5 Å². The smallest absolute Gasteiger partial charge is 0.337 e. The monoisotopic (exact) mass is 272 g/mol. The summed E-state index contributed by atoms with van der Waals surface area (Å²) in [7, 11) is 0. The highest BCUT2D eigenvalue weighted by Crippen LogP contribution is 2.21. The van der Waals surface area contributed by atoms with Crippen molar-refractivity contribution in [1.29, 1.82) is 0 Å². The van der Waals surface area contributed by atoms with Crippen LogP contribution in [0.1, 0.15) is 26.5 Å². The Morgan fingerprint density at radius 3 is 2.60 bits per heavy atom. The van der Waals surface area contributed by atoms with Crippen LogP contribution in [-0.4, -0.2) is 27.1 Å². The summed E-state index contributed by atoms with van der Waals surface area (Å²) in [6.45, 7) is 1.75. The zero-order valence-corrected chi connectivity index (χ0v) is 10.6. The Bertz CT molecular complexity index is 683. The van der Waals surface area contributed by atoms with Crippen molar-refractivity contribution in [3.05, 3.63) is 53.3 Å². The van der Waals surface area contributed by atoms with E-state index in [1.54, 1.807) is 19.1 Å². The largest absolute Gasteiger partial charge is 0.508 e. The third-order valence-electron chi connectivity index (χ3n) is 2.60. The molecule has 0 saturated heterocycles. The second kappa shape index (κ2) is 5.40. The van der Waals surface area contributed by atoms with Crippen molar-refractivity contribution in [3.8, 4) is 5.75 Å². The van der Waals surface area contributed by atoms with E-state index in [1.807, 2.05) is 0 Å². The van der Waals surface area contributed by atoms with E-state index in [9.17, 15) is 14.7 Å². The number of aryl methyl sites for hydroxylation is 1. The van der Waals surface area contributed by atoms with Gasteiger partial charge in [-0.2, -0.15) is 0 Å². The lowest BCUT2D eigenvalue weighted by Gasteiger charge is -2.08. The Kier molecular flexibility index (Phi) is 3.65. The Morgan fingerprint density at radius 2 is 1.95 bits per heavy atom. The molecule has 0 aliphatic carbocycles. The van der Waals surface area contributed by atoms with Gasteiger partial charge in [0.2, 0.25) is 0 Å². The molecule has 2 aromatic rings. The first-order valence-corrected chi connectivity index (χ1v) is 5.78. The Morgan fingerprint density at radius 1 is 1.20 bits per heavy atom. The van der Waals surface area contributed by atoms with Gasteiger partial charge in [0.25, 0.3) is 5.91 Å². The molecule has 2 rings (SSSR count). The Labute approximate surface area is 114 Å². The topological polar surface area (TPSA) is 99.5 Å². The zero-order chi connectivity index (χ0) is 14.7. The molecule has 0 atom stereocenters. The molecule has 0 spiro atoms. The highest BCUT2D eigenvalue weighted by molar-refractivity contribution is 6.06. The van der Waals surface area contributed by atoms with Crippen LogP contribution >= 0.6 is 0 Å². The number of phenolic OH excluding ortho intramolecular Hbond substituents is 1. The van der Waals surface area contributed by atoms with Gasteiger partial charge in [-0.25, -0.2) is 9.78 Å². The molecule has 1 heterocycles. The molecule has 0 bridgehead atoms. The number of benzene rings is 1. The standard InChI is InChI=1S/C14H12N2O4/c1-8-3-2-4-12(15-8)13(18)16-11-6-5-9(17)7-10(11)14(19)20/h2-7,17H,1H3,(H,16,18)(H,19,20). The minimum atomic E-state index is -1.24. The maximum atomic E-state index is 12.0. The molecule has 0 radical (unpaired) electrons. The fourth-order valence-corrected chi connectivity index (χ4v) is 1.67. The van der Waals surface area contributed by atoms with Gasteiger partial charge in [-0.3, -0.25) is 4.79 Å². The van der Waals surface area contributed by atoms with E-state index in [0.717, 1.165) is 6.07 Å². The lowest BCUT2D eigenvalue weighted by Crippen LogP contribution is -2.16. The van der Waals surface area contributed by atoms with Crippen LogP contribution in [0.2, 0.25) is 0 Å². The van der Waals surface area contributed by atoms with Gasteiger partial charge >= 0.3 is 5.97 Å². The number of aromatic nitrogens is 1. The second-order valence-corrected chi connectivity index (χ2v) is 4.15. The molecule has 20 heavy (non-hydrogen) atoms. The third-order valence-corrected chi connectivity index (χ3v) is 2.60. The average Bonchev–Trinajstić information content (AvgIpc) is 2.40. The van der Waals surface area contributed by atoms with Crippen LogP contribution in [0.5, 0.6) is 5.75 Å². The summed E-state index contributed by atoms with van der Waals surface area (Å²) in [5, 5.41) is 20.8. The van der Waals surface area contributed by atoms with Crippen molar-refractivity contribution < 1.29 is 19.8 Å². The lowest BCUT2D eigenvalue weighted by atomic mass is 10.1. The van der Waals surface area contributed by atoms with E-state index in [0.29, 0.717) is 5.69 Å². The molecular weight excluding hydrogens is 260 g/mol. The third kappa shape index (κ3) is 2.92. The first-order valence-electron chi connectivity index (χ1n) is 5.78. The van der Waals surface area contributed by atoms with Crippen LogP contribution in [0, 0.1) is 6.92 Å². The number of hydrogen-bond donors (Lipinski definition) is 3. The maximum Gasteiger partial charge on any atom is 0.337 e. The van der Waals surface area contributed by atoms with Gasteiger partial charge in [0, 0.05) is 5.69 Å². The molecule has 0 aliphatic rings. The van der Waals surface area contributed by atoms with Crippen LogP contribution in [-0.2, 0) is 0 Å². The predicted molar refractivity (Wildman–Crippen MR) is 72.0 cm³/mol. The number of amides is 1. The van der Waals surface area contributed by atoms with Crippen molar-refractivity contribution in [2.45, 2.75) is 6.92 Å². The van der Waals surface area contributed by atoms with Crippen molar-refractivity contribution in [1.82, 2.24) is 4.98 Å². The fraction of sp³-hybridized carbons (Fsp3) is 0.0714. The maximum absolute atomic E-state index is 12.0. The van der Waals surface area contributed by atoms with E-state index in [2.05, 4.69) is 10.3 Å². The van der Waals surface area contributed by atoms with Crippen LogP contribution < -0.4 is 5.32 Å². The van der Waals surface area contributed by atoms with E-state index in [4.69, 9.17) is 5.11 Å². The van der Waals surface area contributed by atoms with Crippen LogP contribution in [0.4, 0.5) is 5.69 Å². The molecule has 6 nitrogen and oxygen atoms in total. The number of hydrogen-bond acceptors (Lipinski definition) is 4. The number of carboxylic acid groups (broad SMARTS) is 1. The zero-order valence-electron chi connectivity index (χ0n) is 10.6. The van der Waals surface area contributed by atoms with Crippen molar-refractivity contribution >= 4 is 17.6 Å². The number of nitrogens with one attached hydrogen (secondary N) is 1. The first-order chi connectivity index (χ1) is 9.47. The molecule has 6 heteroatoms. The van der Waals surface area contributed by atoms with Gasteiger partial charge in [0.15, 0.2) is 0 Å².